The van der Waals surface area contributed by atoms with Crippen LogP contribution in [0.2, 0.25) is 0 Å². The van der Waals surface area contributed by atoms with E-state index in [-0.39, 0.29) is 0 Å². The Morgan fingerprint density at radius 3 is 1.58 bits per heavy atom. The summed E-state index contributed by atoms with van der Waals surface area (Å²) in [4.78, 5) is 0. The third-order valence-electron chi connectivity index (χ3n) is 14.3. The van der Waals surface area contributed by atoms with Crippen LogP contribution in [0.15, 0.2) is 164 Å². The standard InChI is InChI=1S/C59H36/c1-31-10-6-11-32(2)55(31)54-29-48-44-19-9-17-42-37-13-4-5-14-38(37)53(59(42)44)30-50(48)49-27-46-43-18-8-16-40-36(24-25-45(58(40)43)47(46)28-51(49)54)35-22-23-39-41-15-7-12-34-21-20-33(3)56(57(34)41)52(39)26-35/h4-30H,1-3H3. The van der Waals surface area contributed by atoms with E-state index in [1.165, 1.54) is 158 Å². The first-order valence-corrected chi connectivity index (χ1v) is 20.9. The highest BCUT2D eigenvalue weighted by Crippen LogP contribution is 2.52. The van der Waals surface area contributed by atoms with Crippen molar-refractivity contribution in [1.82, 2.24) is 0 Å². The molecule has 1 aliphatic carbocycles. The van der Waals surface area contributed by atoms with Gasteiger partial charge in [0.25, 0.3) is 0 Å². The van der Waals surface area contributed by atoms with E-state index in [1.54, 1.807) is 0 Å². The molecule has 0 unspecified atom stereocenters. The lowest BCUT2D eigenvalue weighted by molar-refractivity contribution is 1.39. The number of benzene rings is 11. The van der Waals surface area contributed by atoms with Gasteiger partial charge in [-0.05, 0) is 209 Å². The third kappa shape index (κ3) is 3.94. The van der Waals surface area contributed by atoms with Crippen molar-refractivity contribution in [2.45, 2.75) is 20.8 Å². The summed E-state index contributed by atoms with van der Waals surface area (Å²) < 4.78 is 0. The van der Waals surface area contributed by atoms with Gasteiger partial charge in [-0.1, -0.05) is 133 Å². The average Bonchev–Trinajstić information content (AvgIpc) is 3.89. The van der Waals surface area contributed by atoms with E-state index in [1.807, 2.05) is 0 Å². The fraction of sp³-hybridized carbons (Fsp3) is 0.0508. The van der Waals surface area contributed by atoms with Gasteiger partial charge in [0, 0.05) is 0 Å². The van der Waals surface area contributed by atoms with Crippen molar-refractivity contribution < 1.29 is 0 Å². The number of fused-ring (bicyclic) bond motifs is 13. The van der Waals surface area contributed by atoms with Crippen molar-refractivity contribution in [1.29, 1.82) is 0 Å². The maximum atomic E-state index is 2.54. The van der Waals surface area contributed by atoms with Crippen LogP contribution < -0.4 is 0 Å². The molecule has 1 aliphatic rings. The van der Waals surface area contributed by atoms with Crippen molar-refractivity contribution in [2.24, 2.45) is 0 Å². The largest absolute Gasteiger partial charge is 0.0617 e. The molecular formula is C59H36. The molecule has 0 amide bonds. The lowest BCUT2D eigenvalue weighted by Crippen LogP contribution is -1.91. The maximum absolute atomic E-state index is 2.54. The van der Waals surface area contributed by atoms with Gasteiger partial charge in [-0.15, -0.1) is 0 Å². The van der Waals surface area contributed by atoms with Gasteiger partial charge >= 0.3 is 0 Å². The van der Waals surface area contributed by atoms with E-state index < -0.39 is 0 Å². The van der Waals surface area contributed by atoms with E-state index in [0.717, 1.165) is 0 Å². The average molecular weight is 745 g/mol. The predicted molar refractivity (Wildman–Crippen MR) is 256 cm³/mol. The summed E-state index contributed by atoms with van der Waals surface area (Å²) in [5, 5.41) is 24.0. The zero-order chi connectivity index (χ0) is 38.8. The quantitative estimate of drug-likeness (QED) is 0.155. The summed E-state index contributed by atoms with van der Waals surface area (Å²) in [7, 11) is 0. The normalized spacial score (nSPS) is 12.7. The van der Waals surface area contributed by atoms with Crippen LogP contribution in [0.25, 0.3) is 141 Å². The zero-order valence-corrected chi connectivity index (χ0v) is 33.1. The molecule has 13 aromatic rings. The molecule has 14 rings (SSSR count). The first kappa shape index (κ1) is 31.8. The van der Waals surface area contributed by atoms with E-state index in [9.17, 15) is 0 Å². The Balaban J connectivity index is 1.09. The van der Waals surface area contributed by atoms with Gasteiger partial charge in [-0.25, -0.2) is 0 Å². The van der Waals surface area contributed by atoms with Gasteiger partial charge < -0.3 is 0 Å². The Morgan fingerprint density at radius 1 is 0.237 bits per heavy atom. The van der Waals surface area contributed by atoms with Crippen LogP contribution in [-0.4, -0.2) is 0 Å². The van der Waals surface area contributed by atoms with Gasteiger partial charge in [0.2, 0.25) is 0 Å². The summed E-state index contributed by atoms with van der Waals surface area (Å²) in [6.07, 6.45) is 0. The van der Waals surface area contributed by atoms with Gasteiger partial charge in [-0.3, -0.25) is 0 Å². The highest BCUT2D eigenvalue weighted by atomic mass is 14.3. The second-order valence-electron chi connectivity index (χ2n) is 17.2. The molecule has 59 heavy (non-hydrogen) atoms. The summed E-state index contributed by atoms with van der Waals surface area (Å²) in [5.41, 5.74) is 14.6. The number of hydrogen-bond acceptors (Lipinski definition) is 0. The Kier molecular flexibility index (Phi) is 5.93. The Labute approximate surface area is 341 Å². The minimum Gasteiger partial charge on any atom is -0.0617 e. The lowest BCUT2D eigenvalue weighted by Gasteiger charge is -2.17. The second-order valence-corrected chi connectivity index (χ2v) is 17.2. The minimum atomic E-state index is 1.27. The molecule has 272 valence electrons. The summed E-state index contributed by atoms with van der Waals surface area (Å²) in [6.45, 7) is 6.80. The van der Waals surface area contributed by atoms with Crippen LogP contribution >= 0.6 is 0 Å². The van der Waals surface area contributed by atoms with Gasteiger partial charge in [-0.2, -0.15) is 0 Å². The zero-order valence-electron chi connectivity index (χ0n) is 33.1. The highest BCUT2D eigenvalue weighted by Gasteiger charge is 2.25. The SMILES string of the molecule is Cc1cccc(C)c1-c1cc2c(cc3c4ccccc4c4cccc2c43)c2cc3c(cc12)c1ccc(-c2ccc4c(c2)-c2c(C)ccc5cccc-4c25)c2cccc3c21. The van der Waals surface area contributed by atoms with Crippen molar-refractivity contribution in [3.05, 3.63) is 180 Å². The Morgan fingerprint density at radius 2 is 0.780 bits per heavy atom. The smallest absolute Gasteiger partial charge is 0.00199 e. The van der Waals surface area contributed by atoms with Crippen LogP contribution in [0.1, 0.15) is 16.7 Å². The third-order valence-corrected chi connectivity index (χ3v) is 14.3. The van der Waals surface area contributed by atoms with E-state index in [0.29, 0.717) is 0 Å². The molecule has 0 saturated heterocycles. The first-order chi connectivity index (χ1) is 29.0. The number of hydrogen-bond donors (Lipinski definition) is 0. The molecule has 0 N–H and O–H groups in total. The molecule has 0 heterocycles. The molecule has 0 fully saturated rings. The molecule has 0 nitrogen and oxygen atoms in total. The van der Waals surface area contributed by atoms with Gasteiger partial charge in [0.1, 0.15) is 0 Å². The van der Waals surface area contributed by atoms with Crippen LogP contribution in [0.4, 0.5) is 0 Å². The topological polar surface area (TPSA) is 0 Å². The minimum absolute atomic E-state index is 1.27. The summed E-state index contributed by atoms with van der Waals surface area (Å²) in [5.74, 6) is 0. The summed E-state index contributed by atoms with van der Waals surface area (Å²) in [6, 6.07) is 62.9. The fourth-order valence-electron chi connectivity index (χ4n) is 11.7. The monoisotopic (exact) mass is 744 g/mol. The highest BCUT2D eigenvalue weighted by molar-refractivity contribution is 6.39. The van der Waals surface area contributed by atoms with Crippen LogP contribution in [0.5, 0.6) is 0 Å². The molecule has 0 aromatic heterocycles. The van der Waals surface area contributed by atoms with Crippen LogP contribution in [0, 0.1) is 20.8 Å². The molecule has 0 atom stereocenters. The van der Waals surface area contributed by atoms with E-state index in [2.05, 4.69) is 185 Å². The van der Waals surface area contributed by atoms with Gasteiger partial charge in [0.15, 0.2) is 0 Å². The summed E-state index contributed by atoms with van der Waals surface area (Å²) >= 11 is 0. The molecule has 0 radical (unpaired) electrons. The number of rotatable bonds is 2. The van der Waals surface area contributed by atoms with E-state index in [4.69, 9.17) is 0 Å². The molecule has 0 heteroatoms. The van der Waals surface area contributed by atoms with Crippen molar-refractivity contribution in [3.8, 4) is 44.5 Å². The maximum Gasteiger partial charge on any atom is -0.00199 e. The predicted octanol–water partition coefficient (Wildman–Crippen LogP) is 16.8. The van der Waals surface area contributed by atoms with E-state index >= 15 is 0 Å². The molecule has 0 aliphatic heterocycles. The number of aryl methyl sites for hydroxylation is 3. The lowest BCUT2D eigenvalue weighted by atomic mass is 9.86. The van der Waals surface area contributed by atoms with Crippen molar-refractivity contribution >= 4 is 97.0 Å². The van der Waals surface area contributed by atoms with Crippen LogP contribution in [0.3, 0.4) is 0 Å². The van der Waals surface area contributed by atoms with Crippen molar-refractivity contribution in [3.63, 3.8) is 0 Å². The van der Waals surface area contributed by atoms with Crippen molar-refractivity contribution in [2.75, 3.05) is 0 Å². The van der Waals surface area contributed by atoms with Gasteiger partial charge in [0.05, 0.1) is 0 Å². The Bertz CT molecular complexity index is 4010. The molecular weight excluding hydrogens is 709 g/mol. The molecule has 0 spiro atoms. The molecule has 0 saturated carbocycles. The Hall–Kier alpha value is -7.28. The fourth-order valence-corrected chi connectivity index (χ4v) is 11.7. The molecule has 0 bridgehead atoms. The second kappa shape index (κ2) is 11.0. The van der Waals surface area contributed by atoms with Crippen LogP contribution in [-0.2, 0) is 0 Å². The molecule has 13 aromatic carbocycles. The first-order valence-electron chi connectivity index (χ1n) is 20.9.